The largest absolute Gasteiger partial charge is 0.469 e. The van der Waals surface area contributed by atoms with Crippen LogP contribution in [0.5, 0.6) is 0 Å². The fourth-order valence-electron chi connectivity index (χ4n) is 5.46. The van der Waals surface area contributed by atoms with Crippen LogP contribution < -0.4 is 0 Å². The number of hydrogen-bond donors (Lipinski definition) is 0. The maximum atomic E-state index is 12.6. The van der Waals surface area contributed by atoms with Gasteiger partial charge in [0.15, 0.2) is 0 Å². The predicted molar refractivity (Wildman–Crippen MR) is 84.7 cm³/mol. The SMILES string of the molecule is COC(=O)[C@@H]1C=C[C@H]2[C@H]3CC[C@H](C3)[C@H]2[C@@H]1C(OC)(OC)C(=O)OC. The van der Waals surface area contributed by atoms with Gasteiger partial charge in [0.2, 0.25) is 0 Å². The fourth-order valence-corrected chi connectivity index (χ4v) is 5.46. The normalized spacial score (nSPS) is 37.2. The first kappa shape index (κ1) is 17.4. The minimum Gasteiger partial charge on any atom is -0.469 e. The molecule has 6 heteroatoms. The van der Waals surface area contributed by atoms with E-state index in [1.165, 1.54) is 34.9 Å². The summed E-state index contributed by atoms with van der Waals surface area (Å²) in [5.74, 6) is -2.06. The van der Waals surface area contributed by atoms with E-state index in [-0.39, 0.29) is 11.9 Å². The Morgan fingerprint density at radius 2 is 1.62 bits per heavy atom. The molecular weight excluding hydrogens is 312 g/mol. The lowest BCUT2D eigenvalue weighted by molar-refractivity contribution is -0.266. The van der Waals surface area contributed by atoms with Gasteiger partial charge < -0.3 is 18.9 Å². The Labute approximate surface area is 142 Å². The maximum absolute atomic E-state index is 12.6. The van der Waals surface area contributed by atoms with Crippen LogP contribution in [0.25, 0.3) is 0 Å². The second kappa shape index (κ2) is 6.48. The molecule has 0 unspecified atom stereocenters. The Hall–Kier alpha value is -1.40. The molecule has 0 aliphatic heterocycles. The average molecular weight is 338 g/mol. The van der Waals surface area contributed by atoms with E-state index in [2.05, 4.69) is 6.08 Å². The summed E-state index contributed by atoms with van der Waals surface area (Å²) in [6, 6.07) is 0. The molecule has 0 radical (unpaired) electrons. The topological polar surface area (TPSA) is 71.1 Å². The standard InChI is InChI=1S/C18H26O6/c1-21-16(19)13-8-7-12-10-5-6-11(9-10)14(12)15(13)18(23-3,24-4)17(20)22-2/h7-8,10-15H,5-6,9H2,1-4H3/t10-,11+,12-,13+,14+,15+/m0/s1. The summed E-state index contributed by atoms with van der Waals surface area (Å²) in [4.78, 5) is 25.0. The summed E-state index contributed by atoms with van der Waals surface area (Å²) in [6.07, 6.45) is 7.47. The number of esters is 2. The molecule has 0 heterocycles. The van der Waals surface area contributed by atoms with E-state index >= 15 is 0 Å². The van der Waals surface area contributed by atoms with Gasteiger partial charge in [-0.2, -0.15) is 0 Å². The molecule has 3 aliphatic rings. The van der Waals surface area contributed by atoms with Gasteiger partial charge in [0.05, 0.1) is 20.1 Å². The van der Waals surface area contributed by atoms with Crippen LogP contribution in [0, 0.1) is 35.5 Å². The third-order valence-corrected chi connectivity index (χ3v) is 6.38. The quantitative estimate of drug-likeness (QED) is 0.432. The number of carbonyl (C=O) groups is 2. The molecule has 0 aromatic rings. The highest BCUT2D eigenvalue weighted by molar-refractivity contribution is 5.82. The molecule has 24 heavy (non-hydrogen) atoms. The van der Waals surface area contributed by atoms with Crippen molar-refractivity contribution in [3.8, 4) is 0 Å². The first-order valence-electron chi connectivity index (χ1n) is 8.48. The minimum absolute atomic E-state index is 0.150. The molecule has 2 saturated carbocycles. The number of methoxy groups -OCH3 is 4. The first-order valence-corrected chi connectivity index (χ1v) is 8.48. The van der Waals surface area contributed by atoms with Crippen molar-refractivity contribution in [1.82, 2.24) is 0 Å². The third kappa shape index (κ3) is 2.30. The summed E-state index contributed by atoms with van der Waals surface area (Å²) >= 11 is 0. The molecule has 0 N–H and O–H groups in total. The second-order valence-electron chi connectivity index (χ2n) is 7.01. The van der Waals surface area contributed by atoms with Crippen LogP contribution in [0.4, 0.5) is 0 Å². The van der Waals surface area contributed by atoms with Gasteiger partial charge in [0.1, 0.15) is 0 Å². The highest BCUT2D eigenvalue weighted by Gasteiger charge is 2.63. The second-order valence-corrected chi connectivity index (χ2v) is 7.01. The Morgan fingerprint density at radius 3 is 2.21 bits per heavy atom. The number of ether oxygens (including phenoxy) is 4. The summed E-state index contributed by atoms with van der Waals surface area (Å²) < 4.78 is 21.1. The third-order valence-electron chi connectivity index (χ3n) is 6.38. The minimum atomic E-state index is -1.61. The van der Waals surface area contributed by atoms with Gasteiger partial charge >= 0.3 is 11.9 Å². The molecule has 3 rings (SSSR count). The molecule has 0 amide bonds. The molecule has 134 valence electrons. The van der Waals surface area contributed by atoms with Crippen molar-refractivity contribution < 1.29 is 28.5 Å². The van der Waals surface area contributed by atoms with Crippen LogP contribution in [0.15, 0.2) is 12.2 Å². The van der Waals surface area contributed by atoms with Gasteiger partial charge in [-0.3, -0.25) is 4.79 Å². The van der Waals surface area contributed by atoms with Crippen LogP contribution in [0.1, 0.15) is 19.3 Å². The van der Waals surface area contributed by atoms with Gasteiger partial charge in [-0.25, -0.2) is 4.79 Å². The maximum Gasteiger partial charge on any atom is 0.366 e. The molecule has 3 aliphatic carbocycles. The van der Waals surface area contributed by atoms with Crippen LogP contribution >= 0.6 is 0 Å². The highest BCUT2D eigenvalue weighted by atomic mass is 16.7. The molecule has 6 atom stereocenters. The van der Waals surface area contributed by atoms with Crippen LogP contribution in [0.3, 0.4) is 0 Å². The number of carbonyl (C=O) groups excluding carboxylic acids is 2. The van der Waals surface area contributed by atoms with Crippen LogP contribution in [-0.2, 0) is 28.5 Å². The Morgan fingerprint density at radius 1 is 0.958 bits per heavy atom. The van der Waals surface area contributed by atoms with Crippen LogP contribution in [0.2, 0.25) is 0 Å². The van der Waals surface area contributed by atoms with Crippen LogP contribution in [-0.4, -0.2) is 46.2 Å². The summed E-state index contributed by atoms with van der Waals surface area (Å²) in [7, 11) is 5.52. The summed E-state index contributed by atoms with van der Waals surface area (Å²) in [5, 5.41) is 0. The molecule has 0 saturated heterocycles. The molecular formula is C18H26O6. The smallest absolute Gasteiger partial charge is 0.366 e. The number of rotatable bonds is 5. The zero-order valence-electron chi connectivity index (χ0n) is 14.7. The zero-order chi connectivity index (χ0) is 17.5. The van der Waals surface area contributed by atoms with Gasteiger partial charge in [0.25, 0.3) is 5.79 Å². The molecule has 6 nitrogen and oxygen atoms in total. The van der Waals surface area contributed by atoms with Crippen molar-refractivity contribution >= 4 is 11.9 Å². The van der Waals surface area contributed by atoms with Gasteiger partial charge in [-0.1, -0.05) is 12.2 Å². The summed E-state index contributed by atoms with van der Waals surface area (Å²) in [5.41, 5.74) is 0. The van der Waals surface area contributed by atoms with E-state index in [1.807, 2.05) is 6.08 Å². The van der Waals surface area contributed by atoms with Crippen molar-refractivity contribution in [2.75, 3.05) is 28.4 Å². The first-order chi connectivity index (χ1) is 11.5. The Balaban J connectivity index is 2.09. The zero-order valence-corrected chi connectivity index (χ0v) is 14.7. The van der Waals surface area contributed by atoms with Crippen molar-refractivity contribution in [2.45, 2.75) is 25.0 Å². The molecule has 2 bridgehead atoms. The average Bonchev–Trinajstić information content (AvgIpc) is 3.24. The molecule has 2 fully saturated rings. The lowest BCUT2D eigenvalue weighted by atomic mass is 9.61. The van der Waals surface area contributed by atoms with E-state index in [4.69, 9.17) is 18.9 Å². The number of fused-ring (bicyclic) bond motifs is 5. The monoisotopic (exact) mass is 338 g/mol. The van der Waals surface area contributed by atoms with Crippen molar-refractivity contribution in [3.63, 3.8) is 0 Å². The Kier molecular flexibility index (Phi) is 4.71. The van der Waals surface area contributed by atoms with Gasteiger partial charge in [-0.15, -0.1) is 0 Å². The van der Waals surface area contributed by atoms with E-state index in [9.17, 15) is 9.59 Å². The Bertz CT molecular complexity index is 538. The van der Waals surface area contributed by atoms with Crippen molar-refractivity contribution in [2.24, 2.45) is 35.5 Å². The molecule has 0 spiro atoms. The van der Waals surface area contributed by atoms with Gasteiger partial charge in [0, 0.05) is 20.1 Å². The van der Waals surface area contributed by atoms with Crippen molar-refractivity contribution in [3.05, 3.63) is 12.2 Å². The van der Waals surface area contributed by atoms with Crippen molar-refractivity contribution in [1.29, 1.82) is 0 Å². The van der Waals surface area contributed by atoms with E-state index in [0.29, 0.717) is 17.8 Å². The van der Waals surface area contributed by atoms with Gasteiger partial charge in [-0.05, 0) is 42.9 Å². The lowest BCUT2D eigenvalue weighted by Crippen LogP contribution is -2.59. The molecule has 0 aromatic heterocycles. The predicted octanol–water partition coefficient (Wildman–Crippen LogP) is 1.79. The summed E-state index contributed by atoms with van der Waals surface area (Å²) in [6.45, 7) is 0. The van der Waals surface area contributed by atoms with E-state index < -0.39 is 23.6 Å². The molecule has 0 aromatic carbocycles. The lowest BCUT2D eigenvalue weighted by Gasteiger charge is -2.47. The van der Waals surface area contributed by atoms with E-state index in [0.717, 1.165) is 12.8 Å². The fraction of sp³-hybridized carbons (Fsp3) is 0.778. The van der Waals surface area contributed by atoms with E-state index in [1.54, 1.807) is 0 Å². The number of allylic oxidation sites excluding steroid dienone is 1. The number of hydrogen-bond acceptors (Lipinski definition) is 6. The highest BCUT2D eigenvalue weighted by Crippen LogP contribution is 2.60.